The van der Waals surface area contributed by atoms with Crippen LogP contribution in [0.5, 0.6) is 5.88 Å². The summed E-state index contributed by atoms with van der Waals surface area (Å²) in [6.45, 7) is 0.123. The first-order valence-electron chi connectivity index (χ1n) is 7.10. The molecule has 0 fully saturated rings. The summed E-state index contributed by atoms with van der Waals surface area (Å²) in [6.07, 6.45) is 0.818. The zero-order valence-corrected chi connectivity index (χ0v) is 13.6. The van der Waals surface area contributed by atoms with Crippen LogP contribution in [0.2, 0.25) is 0 Å². The van der Waals surface area contributed by atoms with E-state index in [-0.39, 0.29) is 18.3 Å². The predicted octanol–water partition coefficient (Wildman–Crippen LogP) is 2.11. The average molecular weight is 331 g/mol. The van der Waals surface area contributed by atoms with Crippen molar-refractivity contribution in [2.24, 2.45) is 7.05 Å². The van der Waals surface area contributed by atoms with Crippen molar-refractivity contribution in [3.8, 4) is 5.88 Å². The van der Waals surface area contributed by atoms with Gasteiger partial charge in [0.1, 0.15) is 5.56 Å². The van der Waals surface area contributed by atoms with Crippen molar-refractivity contribution in [2.45, 2.75) is 6.10 Å². The van der Waals surface area contributed by atoms with E-state index in [9.17, 15) is 9.90 Å². The molecular formula is C16H17N3O3S. The number of rotatable bonds is 5. The van der Waals surface area contributed by atoms with E-state index in [1.807, 2.05) is 29.6 Å². The second-order valence-electron chi connectivity index (χ2n) is 5.14. The molecule has 0 radical (unpaired) electrons. The standard InChI is InChI=1S/C16H17N3O3S/c1-19-8-11(16(18-19)22-2)15(21)17-7-13(20)12-9-23-14-6-4-3-5-10(12)14/h3-6,8-9,13,20H,7H2,1-2H3,(H,17,21). The van der Waals surface area contributed by atoms with E-state index in [1.54, 1.807) is 24.6 Å². The molecule has 1 unspecified atom stereocenters. The van der Waals surface area contributed by atoms with Crippen molar-refractivity contribution in [3.63, 3.8) is 0 Å². The lowest BCUT2D eigenvalue weighted by molar-refractivity contribution is 0.0914. The van der Waals surface area contributed by atoms with Gasteiger partial charge in [-0.05, 0) is 16.8 Å². The summed E-state index contributed by atoms with van der Waals surface area (Å²) in [6, 6.07) is 7.88. The van der Waals surface area contributed by atoms with E-state index < -0.39 is 6.10 Å². The largest absolute Gasteiger partial charge is 0.479 e. The highest BCUT2D eigenvalue weighted by atomic mass is 32.1. The Morgan fingerprint density at radius 1 is 1.48 bits per heavy atom. The van der Waals surface area contributed by atoms with Crippen LogP contribution in [-0.2, 0) is 7.05 Å². The van der Waals surface area contributed by atoms with Crippen LogP contribution in [0.3, 0.4) is 0 Å². The summed E-state index contributed by atoms with van der Waals surface area (Å²) in [5, 5.41) is 20.1. The normalized spacial score (nSPS) is 12.3. The average Bonchev–Trinajstić information content (AvgIpc) is 3.15. The third-order valence-electron chi connectivity index (χ3n) is 3.56. The molecule has 2 heterocycles. The van der Waals surface area contributed by atoms with Gasteiger partial charge >= 0.3 is 0 Å². The van der Waals surface area contributed by atoms with Gasteiger partial charge in [0.05, 0.1) is 13.2 Å². The van der Waals surface area contributed by atoms with E-state index in [2.05, 4.69) is 10.4 Å². The lowest BCUT2D eigenvalue weighted by atomic mass is 10.1. The van der Waals surface area contributed by atoms with Crippen LogP contribution in [0.15, 0.2) is 35.8 Å². The Labute approximate surface area is 137 Å². The number of nitrogens with zero attached hydrogens (tertiary/aromatic N) is 2. The van der Waals surface area contributed by atoms with E-state index in [0.717, 1.165) is 15.6 Å². The molecule has 0 aliphatic carbocycles. The molecule has 0 saturated carbocycles. The SMILES string of the molecule is COc1nn(C)cc1C(=O)NCC(O)c1csc2ccccc12. The first-order chi connectivity index (χ1) is 11.1. The van der Waals surface area contributed by atoms with Crippen molar-refractivity contribution < 1.29 is 14.6 Å². The Bertz CT molecular complexity index is 840. The molecular weight excluding hydrogens is 314 g/mol. The summed E-state index contributed by atoms with van der Waals surface area (Å²) in [5.74, 6) is -0.0611. The summed E-state index contributed by atoms with van der Waals surface area (Å²) in [7, 11) is 3.18. The maximum atomic E-state index is 12.2. The number of fused-ring (bicyclic) bond motifs is 1. The lowest BCUT2D eigenvalue weighted by Crippen LogP contribution is -2.28. The maximum absolute atomic E-state index is 12.2. The molecule has 0 spiro atoms. The van der Waals surface area contributed by atoms with Crippen LogP contribution in [-0.4, -0.2) is 34.4 Å². The van der Waals surface area contributed by atoms with Gasteiger partial charge in [0.15, 0.2) is 0 Å². The summed E-state index contributed by atoms with van der Waals surface area (Å²) >= 11 is 1.58. The quantitative estimate of drug-likeness (QED) is 0.751. The Kier molecular flexibility index (Phi) is 4.31. The fourth-order valence-electron chi connectivity index (χ4n) is 2.43. The highest BCUT2D eigenvalue weighted by molar-refractivity contribution is 7.17. The van der Waals surface area contributed by atoms with E-state index >= 15 is 0 Å². The molecule has 7 heteroatoms. The smallest absolute Gasteiger partial charge is 0.258 e. The third-order valence-corrected chi connectivity index (χ3v) is 4.54. The molecule has 1 amide bonds. The molecule has 0 bridgehead atoms. The van der Waals surface area contributed by atoms with Crippen molar-refractivity contribution in [2.75, 3.05) is 13.7 Å². The zero-order chi connectivity index (χ0) is 16.4. The van der Waals surface area contributed by atoms with Crippen LogP contribution >= 0.6 is 11.3 Å². The number of aryl methyl sites for hydroxylation is 1. The Balaban J connectivity index is 1.71. The molecule has 23 heavy (non-hydrogen) atoms. The molecule has 2 aromatic heterocycles. The minimum Gasteiger partial charge on any atom is -0.479 e. The van der Waals surface area contributed by atoms with Gasteiger partial charge in [0.2, 0.25) is 5.88 Å². The summed E-state index contributed by atoms with van der Waals surface area (Å²) < 4.78 is 7.69. The molecule has 3 rings (SSSR count). The van der Waals surface area contributed by atoms with Crippen LogP contribution < -0.4 is 10.1 Å². The number of methoxy groups -OCH3 is 1. The van der Waals surface area contributed by atoms with Crippen LogP contribution in [0.25, 0.3) is 10.1 Å². The van der Waals surface area contributed by atoms with Crippen LogP contribution in [0.4, 0.5) is 0 Å². The number of aliphatic hydroxyl groups is 1. The fourth-order valence-corrected chi connectivity index (χ4v) is 3.43. The Morgan fingerprint density at radius 3 is 3.04 bits per heavy atom. The summed E-state index contributed by atoms with van der Waals surface area (Å²) in [4.78, 5) is 12.2. The first-order valence-corrected chi connectivity index (χ1v) is 7.98. The number of carbonyl (C=O) groups is 1. The molecule has 1 aromatic carbocycles. The van der Waals surface area contributed by atoms with Gasteiger partial charge in [0.25, 0.3) is 5.91 Å². The molecule has 6 nitrogen and oxygen atoms in total. The third kappa shape index (κ3) is 3.06. The van der Waals surface area contributed by atoms with Gasteiger partial charge in [-0.1, -0.05) is 18.2 Å². The zero-order valence-electron chi connectivity index (χ0n) is 12.8. The lowest BCUT2D eigenvalue weighted by Gasteiger charge is -2.11. The Morgan fingerprint density at radius 2 is 2.26 bits per heavy atom. The molecule has 1 atom stereocenters. The van der Waals surface area contributed by atoms with Crippen LogP contribution in [0.1, 0.15) is 22.0 Å². The van der Waals surface area contributed by atoms with Crippen LogP contribution in [0, 0.1) is 0 Å². The van der Waals surface area contributed by atoms with Crippen molar-refractivity contribution in [1.29, 1.82) is 0 Å². The molecule has 0 saturated heterocycles. The van der Waals surface area contributed by atoms with Gasteiger partial charge < -0.3 is 15.2 Å². The molecule has 0 aliphatic heterocycles. The number of hydrogen-bond donors (Lipinski definition) is 2. The molecule has 120 valence electrons. The second-order valence-corrected chi connectivity index (χ2v) is 6.05. The van der Waals surface area contributed by atoms with Gasteiger partial charge in [-0.25, -0.2) is 0 Å². The summed E-state index contributed by atoms with van der Waals surface area (Å²) in [5.41, 5.74) is 1.17. The van der Waals surface area contributed by atoms with E-state index in [1.165, 1.54) is 11.8 Å². The number of hydrogen-bond acceptors (Lipinski definition) is 5. The molecule has 0 aliphatic rings. The first kappa shape index (κ1) is 15.5. The molecule has 2 N–H and O–H groups in total. The number of amides is 1. The van der Waals surface area contributed by atoms with Gasteiger partial charge in [0, 0.05) is 30.1 Å². The minimum atomic E-state index is -0.766. The maximum Gasteiger partial charge on any atom is 0.258 e. The van der Waals surface area contributed by atoms with E-state index in [4.69, 9.17) is 4.74 Å². The predicted molar refractivity (Wildman–Crippen MR) is 88.9 cm³/mol. The van der Waals surface area contributed by atoms with Gasteiger partial charge in [-0.3, -0.25) is 9.48 Å². The number of carbonyl (C=O) groups excluding carboxylic acids is 1. The Hall–Kier alpha value is -2.38. The van der Waals surface area contributed by atoms with Crippen molar-refractivity contribution >= 4 is 27.3 Å². The number of nitrogens with one attached hydrogen (secondary N) is 1. The second kappa shape index (κ2) is 6.39. The number of ether oxygens (including phenoxy) is 1. The highest BCUT2D eigenvalue weighted by Crippen LogP contribution is 2.30. The molecule has 3 aromatic rings. The van der Waals surface area contributed by atoms with Crippen molar-refractivity contribution in [1.82, 2.24) is 15.1 Å². The number of aromatic nitrogens is 2. The fraction of sp³-hybridized carbons (Fsp3) is 0.250. The topological polar surface area (TPSA) is 76.4 Å². The highest BCUT2D eigenvalue weighted by Gasteiger charge is 2.19. The van der Waals surface area contributed by atoms with Crippen molar-refractivity contribution in [3.05, 3.63) is 47.0 Å². The minimum absolute atomic E-state index is 0.123. The van der Waals surface area contributed by atoms with E-state index in [0.29, 0.717) is 5.56 Å². The number of benzene rings is 1. The number of aliphatic hydroxyl groups excluding tert-OH is 1. The van der Waals surface area contributed by atoms with Gasteiger partial charge in [-0.2, -0.15) is 0 Å². The van der Waals surface area contributed by atoms with Gasteiger partial charge in [-0.15, -0.1) is 16.4 Å². The number of thiophene rings is 1. The monoisotopic (exact) mass is 331 g/mol.